The number of unbranched alkanes of at least 4 members (excludes halogenated alkanes) is 2. The van der Waals surface area contributed by atoms with Crippen LogP contribution in [0.15, 0.2) is 11.8 Å². The average Bonchev–Trinajstić information content (AvgIpc) is 2.31. The highest BCUT2D eigenvalue weighted by molar-refractivity contribution is 5.97. The van der Waals surface area contributed by atoms with Gasteiger partial charge in [0.15, 0.2) is 5.78 Å². The predicted molar refractivity (Wildman–Crippen MR) is 66.3 cm³/mol. The SMILES string of the molecule is CCCCCC(=O)O/C=C1\CCCC(C)C1=O. The summed E-state index contributed by atoms with van der Waals surface area (Å²) in [7, 11) is 0. The van der Waals surface area contributed by atoms with Gasteiger partial charge in [0.2, 0.25) is 0 Å². The van der Waals surface area contributed by atoms with Crippen molar-refractivity contribution in [2.45, 2.75) is 58.8 Å². The zero-order valence-electron chi connectivity index (χ0n) is 10.8. The number of ether oxygens (including phenoxy) is 1. The number of hydrogen-bond donors (Lipinski definition) is 0. The third-order valence-electron chi connectivity index (χ3n) is 3.16. The Hall–Kier alpha value is -1.12. The normalized spacial score (nSPS) is 22.8. The Kier molecular flexibility index (Phi) is 5.95. The second-order valence-electron chi connectivity index (χ2n) is 4.75. The first-order valence-electron chi connectivity index (χ1n) is 6.58. The van der Waals surface area contributed by atoms with Gasteiger partial charge in [-0.05, 0) is 25.7 Å². The van der Waals surface area contributed by atoms with Crippen molar-refractivity contribution < 1.29 is 14.3 Å². The molecule has 3 nitrogen and oxygen atoms in total. The van der Waals surface area contributed by atoms with Gasteiger partial charge in [0, 0.05) is 17.9 Å². The molecule has 0 aromatic rings. The highest BCUT2D eigenvalue weighted by atomic mass is 16.5. The third-order valence-corrected chi connectivity index (χ3v) is 3.16. The van der Waals surface area contributed by atoms with Crippen LogP contribution in [-0.2, 0) is 14.3 Å². The molecular weight excluding hydrogens is 216 g/mol. The summed E-state index contributed by atoms with van der Waals surface area (Å²) in [6.45, 7) is 4.02. The first-order valence-corrected chi connectivity index (χ1v) is 6.58. The molecule has 1 saturated carbocycles. The van der Waals surface area contributed by atoms with E-state index in [1.807, 2.05) is 6.92 Å². The van der Waals surface area contributed by atoms with Crippen LogP contribution in [0.3, 0.4) is 0 Å². The molecule has 0 bridgehead atoms. The van der Waals surface area contributed by atoms with Crippen molar-refractivity contribution in [3.05, 3.63) is 11.8 Å². The van der Waals surface area contributed by atoms with Crippen LogP contribution in [0.1, 0.15) is 58.8 Å². The van der Waals surface area contributed by atoms with Gasteiger partial charge in [0.05, 0.1) is 0 Å². The summed E-state index contributed by atoms with van der Waals surface area (Å²) in [6.07, 6.45) is 7.51. The molecule has 0 aromatic heterocycles. The molecule has 96 valence electrons. The molecule has 3 heteroatoms. The summed E-state index contributed by atoms with van der Waals surface area (Å²) in [5, 5.41) is 0. The van der Waals surface area contributed by atoms with Crippen molar-refractivity contribution in [2.75, 3.05) is 0 Å². The van der Waals surface area contributed by atoms with E-state index >= 15 is 0 Å². The number of ketones is 1. The van der Waals surface area contributed by atoms with Crippen molar-refractivity contribution in [3.8, 4) is 0 Å². The summed E-state index contributed by atoms with van der Waals surface area (Å²) in [6, 6.07) is 0. The van der Waals surface area contributed by atoms with Crippen LogP contribution in [-0.4, -0.2) is 11.8 Å². The van der Waals surface area contributed by atoms with Gasteiger partial charge in [0.1, 0.15) is 6.26 Å². The fourth-order valence-corrected chi connectivity index (χ4v) is 2.00. The summed E-state index contributed by atoms with van der Waals surface area (Å²) in [5.41, 5.74) is 0.674. The number of carbonyl (C=O) groups is 2. The second-order valence-corrected chi connectivity index (χ2v) is 4.75. The molecule has 1 unspecified atom stereocenters. The lowest BCUT2D eigenvalue weighted by atomic mass is 9.86. The average molecular weight is 238 g/mol. The van der Waals surface area contributed by atoms with Gasteiger partial charge in [-0.1, -0.05) is 26.7 Å². The molecule has 0 heterocycles. The van der Waals surface area contributed by atoms with Crippen molar-refractivity contribution in [1.29, 1.82) is 0 Å². The van der Waals surface area contributed by atoms with Crippen LogP contribution in [0.25, 0.3) is 0 Å². The summed E-state index contributed by atoms with van der Waals surface area (Å²) < 4.78 is 5.03. The number of rotatable bonds is 5. The highest BCUT2D eigenvalue weighted by Crippen LogP contribution is 2.24. The lowest BCUT2D eigenvalue weighted by Crippen LogP contribution is -2.19. The van der Waals surface area contributed by atoms with Crippen LogP contribution in [0, 0.1) is 5.92 Å². The summed E-state index contributed by atoms with van der Waals surface area (Å²) in [4.78, 5) is 23.1. The van der Waals surface area contributed by atoms with Gasteiger partial charge in [-0.25, -0.2) is 0 Å². The topological polar surface area (TPSA) is 43.4 Å². The van der Waals surface area contributed by atoms with Crippen molar-refractivity contribution in [2.24, 2.45) is 5.92 Å². The fraction of sp³-hybridized carbons (Fsp3) is 0.714. The van der Waals surface area contributed by atoms with Crippen molar-refractivity contribution in [3.63, 3.8) is 0 Å². The molecule has 1 aliphatic rings. The molecule has 1 atom stereocenters. The van der Waals surface area contributed by atoms with Gasteiger partial charge in [-0.15, -0.1) is 0 Å². The third kappa shape index (κ3) is 4.72. The smallest absolute Gasteiger partial charge is 0.310 e. The van der Waals surface area contributed by atoms with Gasteiger partial charge in [-0.3, -0.25) is 9.59 Å². The number of carbonyl (C=O) groups excluding carboxylic acids is 2. The van der Waals surface area contributed by atoms with E-state index in [9.17, 15) is 9.59 Å². The molecule has 0 saturated heterocycles. The van der Waals surface area contributed by atoms with Crippen LogP contribution in [0.5, 0.6) is 0 Å². The summed E-state index contributed by atoms with van der Waals surface area (Å²) in [5.74, 6) is -0.0108. The first-order chi connectivity index (χ1) is 8.15. The van der Waals surface area contributed by atoms with E-state index in [4.69, 9.17) is 4.74 Å². The van der Waals surface area contributed by atoms with Crippen LogP contribution >= 0.6 is 0 Å². The Labute approximate surface area is 103 Å². The summed E-state index contributed by atoms with van der Waals surface area (Å²) >= 11 is 0. The Morgan fingerprint density at radius 2 is 2.24 bits per heavy atom. The van der Waals surface area contributed by atoms with Crippen LogP contribution < -0.4 is 0 Å². The maximum Gasteiger partial charge on any atom is 0.310 e. The monoisotopic (exact) mass is 238 g/mol. The van der Waals surface area contributed by atoms with Gasteiger partial charge in [0.25, 0.3) is 0 Å². The minimum Gasteiger partial charge on any atom is -0.434 e. The largest absolute Gasteiger partial charge is 0.434 e. The maximum absolute atomic E-state index is 11.7. The molecule has 0 radical (unpaired) electrons. The standard InChI is InChI=1S/C14H22O3/c1-3-4-5-9-13(15)17-10-12-8-6-7-11(2)14(12)16/h10-11H,3-9H2,1-2H3/b12-10+. The molecule has 17 heavy (non-hydrogen) atoms. The molecular formula is C14H22O3. The Bertz CT molecular complexity index is 305. The number of Topliss-reactive ketones (excluding diaryl/α,β-unsaturated/α-hetero) is 1. The predicted octanol–water partition coefficient (Wildman–Crippen LogP) is 3.38. The molecule has 0 spiro atoms. The number of allylic oxidation sites excluding steroid dienone is 1. The lowest BCUT2D eigenvalue weighted by Gasteiger charge is -2.18. The molecule has 1 fully saturated rings. The van der Waals surface area contributed by atoms with Crippen LogP contribution in [0.2, 0.25) is 0 Å². The number of esters is 1. The molecule has 0 aromatic carbocycles. The van der Waals surface area contributed by atoms with Gasteiger partial charge < -0.3 is 4.74 Å². The van der Waals surface area contributed by atoms with Crippen LogP contribution in [0.4, 0.5) is 0 Å². The highest BCUT2D eigenvalue weighted by Gasteiger charge is 2.23. The second kappa shape index (κ2) is 7.25. The zero-order chi connectivity index (χ0) is 12.7. The van der Waals surface area contributed by atoms with Crippen molar-refractivity contribution >= 4 is 11.8 Å². The molecule has 0 N–H and O–H groups in total. The minimum absolute atomic E-state index is 0.0776. The van der Waals surface area contributed by atoms with E-state index in [0.29, 0.717) is 12.0 Å². The van der Waals surface area contributed by atoms with Crippen molar-refractivity contribution in [1.82, 2.24) is 0 Å². The molecule has 1 aliphatic carbocycles. The van der Waals surface area contributed by atoms with E-state index in [2.05, 4.69) is 6.92 Å². The fourth-order valence-electron chi connectivity index (χ4n) is 2.00. The maximum atomic E-state index is 11.7. The van der Waals surface area contributed by atoms with Gasteiger partial charge >= 0.3 is 5.97 Å². The zero-order valence-corrected chi connectivity index (χ0v) is 10.8. The lowest BCUT2D eigenvalue weighted by molar-refractivity contribution is -0.138. The van der Waals surface area contributed by atoms with E-state index in [0.717, 1.165) is 38.5 Å². The quantitative estimate of drug-likeness (QED) is 0.319. The molecule has 1 rings (SSSR count). The molecule has 0 aliphatic heterocycles. The Morgan fingerprint density at radius 1 is 1.47 bits per heavy atom. The number of hydrogen-bond acceptors (Lipinski definition) is 3. The van der Waals surface area contributed by atoms with E-state index in [1.165, 1.54) is 6.26 Å². The minimum atomic E-state index is -0.225. The van der Waals surface area contributed by atoms with E-state index < -0.39 is 0 Å². The first kappa shape index (κ1) is 13.9. The van der Waals surface area contributed by atoms with Gasteiger partial charge in [-0.2, -0.15) is 0 Å². The van der Waals surface area contributed by atoms with E-state index in [-0.39, 0.29) is 17.7 Å². The Morgan fingerprint density at radius 3 is 2.94 bits per heavy atom. The molecule has 0 amide bonds. The Balaban J connectivity index is 2.36. The van der Waals surface area contributed by atoms with E-state index in [1.54, 1.807) is 0 Å².